The van der Waals surface area contributed by atoms with Crippen LogP contribution in [0.5, 0.6) is 0 Å². The van der Waals surface area contributed by atoms with E-state index in [1.807, 2.05) is 6.92 Å². The van der Waals surface area contributed by atoms with E-state index in [-0.39, 0.29) is 5.54 Å². The quantitative estimate of drug-likeness (QED) is 0.805. The zero-order valence-electron chi connectivity index (χ0n) is 9.92. The van der Waals surface area contributed by atoms with Crippen LogP contribution in [0.2, 0.25) is 0 Å². The highest BCUT2D eigenvalue weighted by Gasteiger charge is 2.15. The number of ether oxygens (including phenoxy) is 1. The van der Waals surface area contributed by atoms with E-state index in [9.17, 15) is 0 Å². The third kappa shape index (κ3) is 4.45. The molecule has 0 saturated carbocycles. The first-order chi connectivity index (χ1) is 7.03. The van der Waals surface area contributed by atoms with Gasteiger partial charge in [-0.25, -0.2) is 0 Å². The molecule has 1 aromatic rings. The summed E-state index contributed by atoms with van der Waals surface area (Å²) in [6, 6.07) is 8.35. The molecule has 84 valence electrons. The number of hydrogen-bond donors (Lipinski definition) is 1. The van der Waals surface area contributed by atoms with E-state index in [1.54, 1.807) is 0 Å². The Hall–Kier alpha value is -0.860. The molecule has 2 nitrogen and oxygen atoms in total. The van der Waals surface area contributed by atoms with Crippen LogP contribution < -0.4 is 5.73 Å². The van der Waals surface area contributed by atoms with Crippen LogP contribution in [0.3, 0.4) is 0 Å². The zero-order chi connectivity index (χ0) is 11.3. The maximum absolute atomic E-state index is 5.99. The highest BCUT2D eigenvalue weighted by Crippen LogP contribution is 2.09. The van der Waals surface area contributed by atoms with Gasteiger partial charge in [-0.2, -0.15) is 0 Å². The van der Waals surface area contributed by atoms with Crippen molar-refractivity contribution in [3.05, 3.63) is 35.4 Å². The van der Waals surface area contributed by atoms with Crippen molar-refractivity contribution in [2.75, 3.05) is 6.61 Å². The fourth-order valence-electron chi connectivity index (χ4n) is 1.31. The Balaban J connectivity index is 2.38. The van der Waals surface area contributed by atoms with E-state index in [0.717, 1.165) is 6.42 Å². The van der Waals surface area contributed by atoms with Gasteiger partial charge in [-0.3, -0.25) is 0 Å². The molecule has 15 heavy (non-hydrogen) atoms. The second kappa shape index (κ2) is 5.29. The largest absolute Gasteiger partial charge is 0.375 e. The van der Waals surface area contributed by atoms with Crippen molar-refractivity contribution in [1.82, 2.24) is 0 Å². The summed E-state index contributed by atoms with van der Waals surface area (Å²) in [5, 5.41) is 0. The van der Waals surface area contributed by atoms with Crippen LogP contribution in [-0.4, -0.2) is 12.1 Å². The van der Waals surface area contributed by atoms with Crippen molar-refractivity contribution < 1.29 is 4.74 Å². The summed E-state index contributed by atoms with van der Waals surface area (Å²) in [7, 11) is 0. The zero-order valence-corrected chi connectivity index (χ0v) is 9.92. The number of nitrogens with two attached hydrogens (primary N) is 1. The maximum atomic E-state index is 5.99. The lowest BCUT2D eigenvalue weighted by atomic mass is 10.0. The van der Waals surface area contributed by atoms with Crippen LogP contribution in [-0.2, 0) is 11.3 Å². The van der Waals surface area contributed by atoms with Gasteiger partial charge >= 0.3 is 0 Å². The van der Waals surface area contributed by atoms with Gasteiger partial charge in [0.15, 0.2) is 0 Å². The van der Waals surface area contributed by atoms with Gasteiger partial charge in [-0.1, -0.05) is 36.8 Å². The van der Waals surface area contributed by atoms with E-state index in [1.165, 1.54) is 11.1 Å². The molecule has 0 heterocycles. The van der Waals surface area contributed by atoms with Gasteiger partial charge in [-0.05, 0) is 25.8 Å². The lowest BCUT2D eigenvalue weighted by molar-refractivity contribution is 0.0777. The summed E-state index contributed by atoms with van der Waals surface area (Å²) in [5.74, 6) is 0. The Morgan fingerprint density at radius 2 is 2.13 bits per heavy atom. The van der Waals surface area contributed by atoms with Crippen molar-refractivity contribution >= 4 is 0 Å². The van der Waals surface area contributed by atoms with E-state index in [4.69, 9.17) is 10.5 Å². The minimum atomic E-state index is -0.205. The molecule has 0 aliphatic rings. The molecule has 0 radical (unpaired) electrons. The average Bonchev–Trinajstić information content (AvgIpc) is 2.18. The van der Waals surface area contributed by atoms with Crippen LogP contribution in [0.1, 0.15) is 31.4 Å². The van der Waals surface area contributed by atoms with Crippen molar-refractivity contribution in [1.29, 1.82) is 0 Å². The van der Waals surface area contributed by atoms with Gasteiger partial charge in [0.2, 0.25) is 0 Å². The summed E-state index contributed by atoms with van der Waals surface area (Å²) in [6.45, 7) is 7.44. The fraction of sp³-hybridized carbons (Fsp3) is 0.538. The average molecular weight is 207 g/mol. The molecule has 1 rings (SSSR count). The highest BCUT2D eigenvalue weighted by molar-refractivity contribution is 5.21. The number of rotatable bonds is 5. The Morgan fingerprint density at radius 1 is 1.40 bits per heavy atom. The highest BCUT2D eigenvalue weighted by atomic mass is 16.5. The molecule has 0 amide bonds. The van der Waals surface area contributed by atoms with Gasteiger partial charge < -0.3 is 10.5 Å². The van der Waals surface area contributed by atoms with Gasteiger partial charge in [0.05, 0.1) is 13.2 Å². The number of aryl methyl sites for hydroxylation is 1. The van der Waals surface area contributed by atoms with Crippen LogP contribution in [0, 0.1) is 6.92 Å². The summed E-state index contributed by atoms with van der Waals surface area (Å²) in [4.78, 5) is 0. The van der Waals surface area contributed by atoms with E-state index < -0.39 is 0 Å². The lowest BCUT2D eigenvalue weighted by Gasteiger charge is -2.22. The van der Waals surface area contributed by atoms with Crippen molar-refractivity contribution in [2.45, 2.75) is 39.3 Å². The molecule has 0 spiro atoms. The molecule has 0 aromatic heterocycles. The molecule has 1 aromatic carbocycles. The van der Waals surface area contributed by atoms with Gasteiger partial charge in [0.1, 0.15) is 0 Å². The summed E-state index contributed by atoms with van der Waals surface area (Å²) >= 11 is 0. The standard InChI is InChI=1S/C13H21NO/c1-4-13(3,14)10-15-9-12-7-5-6-11(2)8-12/h5-8H,4,9-10,14H2,1-3H3. The third-order valence-corrected chi connectivity index (χ3v) is 2.59. The summed E-state index contributed by atoms with van der Waals surface area (Å²) in [5.41, 5.74) is 8.26. The first-order valence-corrected chi connectivity index (χ1v) is 5.46. The molecule has 1 unspecified atom stereocenters. The molecular weight excluding hydrogens is 186 g/mol. The molecule has 2 N–H and O–H groups in total. The minimum Gasteiger partial charge on any atom is -0.375 e. The van der Waals surface area contributed by atoms with Crippen LogP contribution in [0.15, 0.2) is 24.3 Å². The SMILES string of the molecule is CCC(C)(N)COCc1cccc(C)c1. The second-order valence-corrected chi connectivity index (χ2v) is 4.49. The maximum Gasteiger partial charge on any atom is 0.0717 e. The van der Waals surface area contributed by atoms with Gasteiger partial charge in [0, 0.05) is 5.54 Å². The Labute approximate surface area is 92.4 Å². The van der Waals surface area contributed by atoms with Crippen LogP contribution in [0.25, 0.3) is 0 Å². The Bertz CT molecular complexity index is 307. The Morgan fingerprint density at radius 3 is 2.73 bits per heavy atom. The lowest BCUT2D eigenvalue weighted by Crippen LogP contribution is -2.40. The molecular formula is C13H21NO. The monoisotopic (exact) mass is 207 g/mol. The van der Waals surface area contributed by atoms with E-state index >= 15 is 0 Å². The van der Waals surface area contributed by atoms with E-state index in [0.29, 0.717) is 13.2 Å². The third-order valence-electron chi connectivity index (χ3n) is 2.59. The smallest absolute Gasteiger partial charge is 0.0717 e. The number of benzene rings is 1. The van der Waals surface area contributed by atoms with Crippen molar-refractivity contribution in [3.8, 4) is 0 Å². The number of hydrogen-bond acceptors (Lipinski definition) is 2. The van der Waals surface area contributed by atoms with Crippen LogP contribution in [0.4, 0.5) is 0 Å². The van der Waals surface area contributed by atoms with Crippen molar-refractivity contribution in [2.24, 2.45) is 5.73 Å². The molecule has 1 atom stereocenters. The topological polar surface area (TPSA) is 35.2 Å². The summed E-state index contributed by atoms with van der Waals surface area (Å²) in [6.07, 6.45) is 0.931. The molecule has 2 heteroatoms. The Kier molecular flexibility index (Phi) is 4.30. The van der Waals surface area contributed by atoms with Crippen molar-refractivity contribution in [3.63, 3.8) is 0 Å². The normalized spacial score (nSPS) is 14.9. The molecule has 0 fully saturated rings. The van der Waals surface area contributed by atoms with Crippen LogP contribution >= 0.6 is 0 Å². The predicted octanol–water partition coefficient (Wildman–Crippen LogP) is 2.64. The van der Waals surface area contributed by atoms with E-state index in [2.05, 4.69) is 38.1 Å². The summed E-state index contributed by atoms with van der Waals surface area (Å²) < 4.78 is 5.61. The first kappa shape index (κ1) is 12.2. The molecule has 0 saturated heterocycles. The molecule has 0 aliphatic heterocycles. The van der Waals surface area contributed by atoms with Gasteiger partial charge in [0.25, 0.3) is 0 Å². The minimum absolute atomic E-state index is 0.205. The molecule has 0 aliphatic carbocycles. The fourth-order valence-corrected chi connectivity index (χ4v) is 1.31. The van der Waals surface area contributed by atoms with Gasteiger partial charge in [-0.15, -0.1) is 0 Å². The molecule has 0 bridgehead atoms. The second-order valence-electron chi connectivity index (χ2n) is 4.49. The predicted molar refractivity (Wildman–Crippen MR) is 63.7 cm³/mol. The first-order valence-electron chi connectivity index (χ1n) is 5.46.